The summed E-state index contributed by atoms with van der Waals surface area (Å²) in [6.45, 7) is 5.43. The number of likely N-dealkylation sites (tertiary alicyclic amines) is 1. The van der Waals surface area contributed by atoms with E-state index in [4.69, 9.17) is 10.8 Å². The van der Waals surface area contributed by atoms with E-state index in [1.54, 1.807) is 0 Å². The average molecular weight is 290 g/mol. The van der Waals surface area contributed by atoms with Crippen molar-refractivity contribution in [2.75, 3.05) is 24.3 Å². The number of nitrogen functional groups attached to an aromatic ring is 1. The van der Waals surface area contributed by atoms with Gasteiger partial charge in [0.2, 0.25) is 0 Å². The van der Waals surface area contributed by atoms with E-state index >= 15 is 0 Å². The van der Waals surface area contributed by atoms with E-state index in [9.17, 15) is 0 Å². The molecule has 21 heavy (non-hydrogen) atoms. The van der Waals surface area contributed by atoms with Gasteiger partial charge in [0.15, 0.2) is 0 Å². The maximum atomic E-state index is 5.61. The molecule has 0 amide bonds. The van der Waals surface area contributed by atoms with Crippen molar-refractivity contribution in [3.63, 3.8) is 0 Å². The number of aromatic nitrogens is 2. The number of nitrogens with two attached hydrogens (primary N) is 1. The number of nitrogens with one attached hydrogen (secondary N) is 2. The van der Waals surface area contributed by atoms with Gasteiger partial charge in [0, 0.05) is 30.1 Å². The van der Waals surface area contributed by atoms with Crippen LogP contribution in [-0.4, -0.2) is 40.5 Å². The second kappa shape index (κ2) is 5.77. The number of hydrazine groups is 1. The summed E-state index contributed by atoms with van der Waals surface area (Å²) in [6.07, 6.45) is 4.67. The predicted octanol–water partition coefficient (Wildman–Crippen LogP) is 1.84. The molecule has 3 rings (SSSR count). The second-order valence-electron chi connectivity index (χ2n) is 6.52. The predicted molar refractivity (Wildman–Crippen MR) is 85.3 cm³/mol. The van der Waals surface area contributed by atoms with Crippen LogP contribution in [0.3, 0.4) is 0 Å². The van der Waals surface area contributed by atoms with Crippen LogP contribution < -0.4 is 16.6 Å². The van der Waals surface area contributed by atoms with Crippen molar-refractivity contribution >= 4 is 11.6 Å². The van der Waals surface area contributed by atoms with Crippen LogP contribution in [-0.2, 0) is 0 Å². The standard InChI is InChI=1S/C15H26N6/c1-9-8-12(6-7-21(9)3)17-13-10(2)14(20-16)19-15(18-13)11-4-5-11/h9,11-12H,4-8,16H2,1-3H3,(H2,17,18,19,20). The van der Waals surface area contributed by atoms with Gasteiger partial charge < -0.3 is 15.6 Å². The molecule has 2 aliphatic rings. The molecule has 2 unspecified atom stereocenters. The maximum absolute atomic E-state index is 5.61. The summed E-state index contributed by atoms with van der Waals surface area (Å²) in [5.41, 5.74) is 3.72. The third kappa shape index (κ3) is 3.11. The van der Waals surface area contributed by atoms with Crippen LogP contribution in [0.5, 0.6) is 0 Å². The SMILES string of the molecule is Cc1c(NN)nc(C2CC2)nc1NC1CCN(C)C(C)C1. The van der Waals surface area contributed by atoms with Crippen molar-refractivity contribution in [1.29, 1.82) is 0 Å². The summed E-state index contributed by atoms with van der Waals surface area (Å²) in [4.78, 5) is 11.7. The lowest BCUT2D eigenvalue weighted by atomic mass is 9.99. The first-order valence-electron chi connectivity index (χ1n) is 7.90. The van der Waals surface area contributed by atoms with Gasteiger partial charge in [0.25, 0.3) is 0 Å². The Morgan fingerprint density at radius 2 is 1.90 bits per heavy atom. The third-order valence-corrected chi connectivity index (χ3v) is 4.79. The molecule has 6 heteroatoms. The molecule has 1 aromatic heterocycles. The van der Waals surface area contributed by atoms with Crippen LogP contribution in [0.2, 0.25) is 0 Å². The molecule has 1 aromatic rings. The van der Waals surface area contributed by atoms with Gasteiger partial charge in [-0.05, 0) is 46.6 Å². The number of nitrogens with zero attached hydrogens (tertiary/aromatic N) is 3. The number of rotatable bonds is 4. The first kappa shape index (κ1) is 14.5. The quantitative estimate of drug-likeness (QED) is 0.580. The van der Waals surface area contributed by atoms with Crippen LogP contribution in [0.4, 0.5) is 11.6 Å². The molecular formula is C15H26N6. The number of piperidine rings is 1. The van der Waals surface area contributed by atoms with Crippen molar-refractivity contribution in [2.24, 2.45) is 5.84 Å². The van der Waals surface area contributed by atoms with Gasteiger partial charge in [0.05, 0.1) is 0 Å². The van der Waals surface area contributed by atoms with Gasteiger partial charge in [-0.1, -0.05) is 0 Å². The Hall–Kier alpha value is -1.40. The first-order chi connectivity index (χ1) is 10.1. The molecule has 2 atom stereocenters. The van der Waals surface area contributed by atoms with E-state index < -0.39 is 0 Å². The average Bonchev–Trinajstić information content (AvgIpc) is 3.29. The fraction of sp³-hybridized carbons (Fsp3) is 0.733. The lowest BCUT2D eigenvalue weighted by molar-refractivity contribution is 0.190. The van der Waals surface area contributed by atoms with Crippen LogP contribution in [0.1, 0.15) is 49.9 Å². The summed E-state index contributed by atoms with van der Waals surface area (Å²) in [7, 11) is 2.19. The van der Waals surface area contributed by atoms with Crippen molar-refractivity contribution in [1.82, 2.24) is 14.9 Å². The Bertz CT molecular complexity index is 513. The summed E-state index contributed by atoms with van der Waals surface area (Å²) >= 11 is 0. The fourth-order valence-electron chi connectivity index (χ4n) is 2.95. The molecule has 1 aliphatic heterocycles. The van der Waals surface area contributed by atoms with Gasteiger partial charge >= 0.3 is 0 Å². The number of hydrogen-bond acceptors (Lipinski definition) is 6. The van der Waals surface area contributed by atoms with Crippen molar-refractivity contribution in [3.8, 4) is 0 Å². The van der Waals surface area contributed by atoms with Crippen LogP contribution in [0.25, 0.3) is 0 Å². The van der Waals surface area contributed by atoms with Crippen molar-refractivity contribution in [2.45, 2.75) is 57.5 Å². The zero-order valence-corrected chi connectivity index (χ0v) is 13.2. The molecule has 6 nitrogen and oxygen atoms in total. The molecule has 2 heterocycles. The zero-order chi connectivity index (χ0) is 15.0. The third-order valence-electron chi connectivity index (χ3n) is 4.79. The monoisotopic (exact) mass is 290 g/mol. The summed E-state index contributed by atoms with van der Waals surface area (Å²) < 4.78 is 0. The minimum Gasteiger partial charge on any atom is -0.367 e. The Morgan fingerprint density at radius 1 is 1.19 bits per heavy atom. The minimum atomic E-state index is 0.475. The molecule has 0 bridgehead atoms. The van der Waals surface area contributed by atoms with E-state index in [2.05, 4.69) is 34.6 Å². The van der Waals surface area contributed by atoms with E-state index in [0.29, 0.717) is 18.0 Å². The molecule has 0 aromatic carbocycles. The molecule has 4 N–H and O–H groups in total. The van der Waals surface area contributed by atoms with Gasteiger partial charge in [-0.2, -0.15) is 0 Å². The maximum Gasteiger partial charge on any atom is 0.148 e. The normalized spacial score (nSPS) is 26.7. The fourth-order valence-corrected chi connectivity index (χ4v) is 2.95. The number of anilines is 2. The molecular weight excluding hydrogens is 264 g/mol. The minimum absolute atomic E-state index is 0.475. The van der Waals surface area contributed by atoms with E-state index in [1.807, 2.05) is 6.92 Å². The van der Waals surface area contributed by atoms with Gasteiger partial charge in [-0.15, -0.1) is 0 Å². The molecule has 116 valence electrons. The van der Waals surface area contributed by atoms with Crippen LogP contribution >= 0.6 is 0 Å². The van der Waals surface area contributed by atoms with Crippen molar-refractivity contribution in [3.05, 3.63) is 11.4 Å². The van der Waals surface area contributed by atoms with Gasteiger partial charge in [-0.25, -0.2) is 15.8 Å². The van der Waals surface area contributed by atoms with Gasteiger partial charge in [-0.3, -0.25) is 0 Å². The molecule has 0 spiro atoms. The summed E-state index contributed by atoms with van der Waals surface area (Å²) in [5, 5.41) is 3.62. The summed E-state index contributed by atoms with van der Waals surface area (Å²) in [5.74, 6) is 8.75. The Labute approximate surface area is 126 Å². The summed E-state index contributed by atoms with van der Waals surface area (Å²) in [6, 6.07) is 1.08. The molecule has 0 radical (unpaired) electrons. The largest absolute Gasteiger partial charge is 0.367 e. The van der Waals surface area contributed by atoms with Crippen LogP contribution in [0.15, 0.2) is 0 Å². The molecule has 1 saturated carbocycles. The van der Waals surface area contributed by atoms with Gasteiger partial charge in [0.1, 0.15) is 17.5 Å². The number of hydrogen-bond donors (Lipinski definition) is 3. The lowest BCUT2D eigenvalue weighted by Gasteiger charge is -2.35. The highest BCUT2D eigenvalue weighted by Gasteiger charge is 2.29. The highest BCUT2D eigenvalue weighted by Crippen LogP contribution is 2.39. The second-order valence-corrected chi connectivity index (χ2v) is 6.52. The van der Waals surface area contributed by atoms with E-state index in [1.165, 1.54) is 12.8 Å². The molecule has 1 aliphatic carbocycles. The highest BCUT2D eigenvalue weighted by molar-refractivity contribution is 5.57. The lowest BCUT2D eigenvalue weighted by Crippen LogP contribution is -2.42. The molecule has 2 fully saturated rings. The Balaban J connectivity index is 1.79. The molecule has 1 saturated heterocycles. The smallest absolute Gasteiger partial charge is 0.148 e. The Morgan fingerprint density at radius 3 is 2.52 bits per heavy atom. The van der Waals surface area contributed by atoms with E-state index in [-0.39, 0.29) is 0 Å². The zero-order valence-electron chi connectivity index (χ0n) is 13.2. The first-order valence-corrected chi connectivity index (χ1v) is 7.90. The van der Waals surface area contributed by atoms with E-state index in [0.717, 1.165) is 42.4 Å². The van der Waals surface area contributed by atoms with Crippen LogP contribution in [0, 0.1) is 6.92 Å². The topological polar surface area (TPSA) is 79.1 Å². The Kier molecular flexibility index (Phi) is 3.99. The van der Waals surface area contributed by atoms with Crippen molar-refractivity contribution < 1.29 is 0 Å². The highest BCUT2D eigenvalue weighted by atomic mass is 15.3.